The third kappa shape index (κ3) is 1.93. The third-order valence-electron chi connectivity index (χ3n) is 2.36. The van der Waals surface area contributed by atoms with Gasteiger partial charge >= 0.3 is 0 Å². The van der Waals surface area contributed by atoms with E-state index in [9.17, 15) is 4.79 Å². The number of nitrogens with zero attached hydrogens (tertiary/aromatic N) is 2. The van der Waals surface area contributed by atoms with Crippen LogP contribution in [0.2, 0.25) is 0 Å². The highest BCUT2D eigenvalue weighted by atomic mass is 16.1. The van der Waals surface area contributed by atoms with Gasteiger partial charge < -0.3 is 15.2 Å². The number of H-pyrrole nitrogens is 1. The molecule has 1 aromatic heterocycles. The Morgan fingerprint density at radius 2 is 2.50 bits per heavy atom. The van der Waals surface area contributed by atoms with Crippen molar-refractivity contribution in [2.24, 2.45) is 0 Å². The van der Waals surface area contributed by atoms with Gasteiger partial charge in [-0.1, -0.05) is 0 Å². The van der Waals surface area contributed by atoms with Gasteiger partial charge in [-0.05, 0) is 6.92 Å². The smallest absolute Gasteiger partial charge is 0.252 e. The average molecular weight is 194 g/mol. The summed E-state index contributed by atoms with van der Waals surface area (Å²) in [6.45, 7) is 4.87. The zero-order valence-electron chi connectivity index (χ0n) is 8.16. The Morgan fingerprint density at radius 1 is 1.64 bits per heavy atom. The largest absolute Gasteiger partial charge is 0.354 e. The number of aromatic nitrogens is 2. The van der Waals surface area contributed by atoms with Gasteiger partial charge in [0.25, 0.3) is 5.56 Å². The Hall–Kier alpha value is -1.36. The molecule has 14 heavy (non-hydrogen) atoms. The van der Waals surface area contributed by atoms with Crippen LogP contribution in [-0.2, 0) is 0 Å². The van der Waals surface area contributed by atoms with Gasteiger partial charge in [-0.3, -0.25) is 4.79 Å². The van der Waals surface area contributed by atoms with Gasteiger partial charge in [0.05, 0.1) is 6.33 Å². The minimum atomic E-state index is -0.0961. The second-order valence-electron chi connectivity index (χ2n) is 3.57. The average Bonchev–Trinajstić information content (AvgIpc) is 2.18. The first-order valence-electron chi connectivity index (χ1n) is 4.79. The Labute approximate surface area is 82.2 Å². The monoisotopic (exact) mass is 194 g/mol. The van der Waals surface area contributed by atoms with Gasteiger partial charge in [0.1, 0.15) is 5.82 Å². The summed E-state index contributed by atoms with van der Waals surface area (Å²) < 4.78 is 0. The van der Waals surface area contributed by atoms with Gasteiger partial charge in [0, 0.05) is 31.7 Å². The van der Waals surface area contributed by atoms with Gasteiger partial charge in [0.15, 0.2) is 0 Å². The lowest BCUT2D eigenvalue weighted by Gasteiger charge is -2.32. The molecule has 0 spiro atoms. The molecule has 0 bridgehead atoms. The molecule has 1 fully saturated rings. The van der Waals surface area contributed by atoms with Crippen LogP contribution in [0.15, 0.2) is 17.2 Å². The summed E-state index contributed by atoms with van der Waals surface area (Å²) in [6.07, 6.45) is 1.45. The minimum Gasteiger partial charge on any atom is -0.354 e. The van der Waals surface area contributed by atoms with Crippen LogP contribution in [0.5, 0.6) is 0 Å². The van der Waals surface area contributed by atoms with Gasteiger partial charge in [-0.2, -0.15) is 0 Å². The number of hydrogen-bond donors (Lipinski definition) is 2. The van der Waals surface area contributed by atoms with E-state index in [4.69, 9.17) is 0 Å². The molecule has 0 amide bonds. The van der Waals surface area contributed by atoms with Crippen LogP contribution in [0.4, 0.5) is 5.82 Å². The second-order valence-corrected chi connectivity index (χ2v) is 3.57. The van der Waals surface area contributed by atoms with E-state index in [1.54, 1.807) is 0 Å². The summed E-state index contributed by atoms with van der Waals surface area (Å²) in [6, 6.07) is 1.99. The molecule has 1 saturated heterocycles. The minimum absolute atomic E-state index is 0.0961. The molecule has 2 rings (SSSR count). The van der Waals surface area contributed by atoms with E-state index < -0.39 is 0 Å². The van der Waals surface area contributed by atoms with E-state index >= 15 is 0 Å². The molecule has 1 aliphatic rings. The Kier molecular flexibility index (Phi) is 2.49. The van der Waals surface area contributed by atoms with Crippen molar-refractivity contribution in [2.45, 2.75) is 13.0 Å². The summed E-state index contributed by atoms with van der Waals surface area (Å²) in [5.74, 6) is 0.766. The molecular weight excluding hydrogens is 180 g/mol. The summed E-state index contributed by atoms with van der Waals surface area (Å²) in [5.41, 5.74) is -0.0961. The molecule has 0 aliphatic carbocycles. The first-order chi connectivity index (χ1) is 6.75. The van der Waals surface area contributed by atoms with Crippen molar-refractivity contribution in [3.05, 3.63) is 22.7 Å². The van der Waals surface area contributed by atoms with Crippen molar-refractivity contribution >= 4 is 5.82 Å². The lowest BCUT2D eigenvalue weighted by Crippen LogP contribution is -2.49. The van der Waals surface area contributed by atoms with Gasteiger partial charge in [-0.15, -0.1) is 0 Å². The van der Waals surface area contributed by atoms with Crippen LogP contribution < -0.4 is 15.8 Å². The fraction of sp³-hybridized carbons (Fsp3) is 0.556. The maximum Gasteiger partial charge on any atom is 0.252 e. The summed E-state index contributed by atoms with van der Waals surface area (Å²) >= 11 is 0. The lowest BCUT2D eigenvalue weighted by molar-refractivity contribution is 0.482. The number of nitrogens with one attached hydrogen (secondary N) is 2. The Bertz CT molecular complexity index is 362. The highest BCUT2D eigenvalue weighted by molar-refractivity contribution is 5.37. The number of aromatic amines is 1. The third-order valence-corrected chi connectivity index (χ3v) is 2.36. The number of anilines is 1. The molecule has 1 unspecified atom stereocenters. The molecular formula is C9H14N4O. The van der Waals surface area contributed by atoms with E-state index in [0.717, 1.165) is 25.5 Å². The molecule has 1 aliphatic heterocycles. The Balaban J connectivity index is 2.18. The Morgan fingerprint density at radius 3 is 3.21 bits per heavy atom. The fourth-order valence-electron chi connectivity index (χ4n) is 1.67. The van der Waals surface area contributed by atoms with Crippen LogP contribution in [0, 0.1) is 0 Å². The van der Waals surface area contributed by atoms with Crippen LogP contribution in [0.1, 0.15) is 6.92 Å². The van der Waals surface area contributed by atoms with Crippen molar-refractivity contribution in [1.82, 2.24) is 15.3 Å². The summed E-state index contributed by atoms with van der Waals surface area (Å²) in [7, 11) is 0. The zero-order chi connectivity index (χ0) is 9.97. The van der Waals surface area contributed by atoms with E-state index in [1.165, 1.54) is 12.4 Å². The first kappa shape index (κ1) is 9.21. The number of piperazine rings is 1. The van der Waals surface area contributed by atoms with Crippen molar-refractivity contribution in [1.29, 1.82) is 0 Å². The fourth-order valence-corrected chi connectivity index (χ4v) is 1.67. The number of rotatable bonds is 1. The molecule has 5 nitrogen and oxygen atoms in total. The van der Waals surface area contributed by atoms with Crippen LogP contribution in [0.3, 0.4) is 0 Å². The molecule has 5 heteroatoms. The molecule has 1 aromatic rings. The molecule has 1 atom stereocenters. The molecule has 0 saturated carbocycles. The normalized spacial score (nSPS) is 22.4. The topological polar surface area (TPSA) is 61.0 Å². The SMILES string of the molecule is CC1CN(c2cc(=O)[nH]cn2)CCN1. The lowest BCUT2D eigenvalue weighted by atomic mass is 10.2. The predicted molar refractivity (Wildman–Crippen MR) is 54.5 cm³/mol. The van der Waals surface area contributed by atoms with Crippen molar-refractivity contribution in [3.8, 4) is 0 Å². The van der Waals surface area contributed by atoms with Crippen LogP contribution >= 0.6 is 0 Å². The first-order valence-corrected chi connectivity index (χ1v) is 4.79. The van der Waals surface area contributed by atoms with E-state index in [1.807, 2.05) is 0 Å². The van der Waals surface area contributed by atoms with Crippen molar-refractivity contribution in [2.75, 3.05) is 24.5 Å². The standard InChI is InChI=1S/C9H14N4O/c1-7-5-13(3-2-10-7)8-4-9(14)12-6-11-8/h4,6-7,10H,2-3,5H2,1H3,(H,11,12,14). The maximum absolute atomic E-state index is 11.1. The second kappa shape index (κ2) is 3.79. The van der Waals surface area contributed by atoms with E-state index in [-0.39, 0.29) is 5.56 Å². The van der Waals surface area contributed by atoms with Crippen molar-refractivity contribution in [3.63, 3.8) is 0 Å². The van der Waals surface area contributed by atoms with Gasteiger partial charge in [0.2, 0.25) is 0 Å². The molecule has 76 valence electrons. The quantitative estimate of drug-likeness (QED) is 0.636. The van der Waals surface area contributed by atoms with Crippen molar-refractivity contribution < 1.29 is 0 Å². The molecule has 0 radical (unpaired) electrons. The van der Waals surface area contributed by atoms with Crippen LogP contribution in [-0.4, -0.2) is 35.6 Å². The zero-order valence-corrected chi connectivity index (χ0v) is 8.16. The highest BCUT2D eigenvalue weighted by Crippen LogP contribution is 2.08. The van der Waals surface area contributed by atoms with Crippen LogP contribution in [0.25, 0.3) is 0 Å². The molecule has 2 N–H and O–H groups in total. The molecule has 2 heterocycles. The van der Waals surface area contributed by atoms with Gasteiger partial charge in [-0.25, -0.2) is 4.98 Å². The summed E-state index contributed by atoms with van der Waals surface area (Å²) in [5, 5.41) is 3.34. The van der Waals surface area contributed by atoms with E-state index in [0.29, 0.717) is 6.04 Å². The maximum atomic E-state index is 11.1. The highest BCUT2D eigenvalue weighted by Gasteiger charge is 2.16. The predicted octanol–water partition coefficient (Wildman–Crippen LogP) is -0.432. The number of hydrogen-bond acceptors (Lipinski definition) is 4. The van der Waals surface area contributed by atoms with E-state index in [2.05, 4.69) is 27.1 Å². The summed E-state index contributed by atoms with van der Waals surface area (Å²) in [4.78, 5) is 19.9. The molecule has 0 aromatic carbocycles.